The lowest BCUT2D eigenvalue weighted by atomic mass is 9.81. The SMILES string of the molecule is CNC[C@H]1CC[C@H](C(=O)NCC(=O)c2ccc(OCC(=O)O)c(OCC(=O)O)c2)CC1.O=C(O)C(F)(F)F. The van der Waals surface area contributed by atoms with E-state index in [4.69, 9.17) is 29.6 Å². The molecule has 1 fully saturated rings. The van der Waals surface area contributed by atoms with Gasteiger partial charge in [-0.15, -0.1) is 0 Å². The summed E-state index contributed by atoms with van der Waals surface area (Å²) in [5, 5.41) is 30.5. The molecular formula is C23H29F3N2O10. The van der Waals surface area contributed by atoms with Crippen LogP contribution in [0.3, 0.4) is 0 Å². The Morgan fingerprint density at radius 1 is 0.921 bits per heavy atom. The maximum atomic E-state index is 12.5. The summed E-state index contributed by atoms with van der Waals surface area (Å²) in [5.74, 6) is -5.35. The molecule has 1 aliphatic carbocycles. The van der Waals surface area contributed by atoms with Gasteiger partial charge in [-0.2, -0.15) is 13.2 Å². The van der Waals surface area contributed by atoms with E-state index in [0.29, 0.717) is 5.92 Å². The smallest absolute Gasteiger partial charge is 0.479 e. The Bertz CT molecular complexity index is 992. The molecule has 0 saturated heterocycles. The van der Waals surface area contributed by atoms with Crippen LogP contribution in [-0.4, -0.2) is 84.4 Å². The molecule has 12 nitrogen and oxygen atoms in total. The predicted molar refractivity (Wildman–Crippen MR) is 123 cm³/mol. The first-order chi connectivity index (χ1) is 17.7. The highest BCUT2D eigenvalue weighted by Crippen LogP contribution is 2.30. The van der Waals surface area contributed by atoms with E-state index in [1.165, 1.54) is 18.2 Å². The number of carboxylic acids is 3. The minimum atomic E-state index is -5.08. The first kappa shape index (κ1) is 32.1. The van der Waals surface area contributed by atoms with Crippen LogP contribution in [0.1, 0.15) is 36.0 Å². The maximum absolute atomic E-state index is 12.5. The molecule has 0 spiro atoms. The van der Waals surface area contributed by atoms with Gasteiger partial charge in [0.15, 0.2) is 30.5 Å². The number of carbonyl (C=O) groups is 5. The number of rotatable bonds is 12. The molecule has 212 valence electrons. The predicted octanol–water partition coefficient (Wildman–Crippen LogP) is 1.57. The highest BCUT2D eigenvalue weighted by Gasteiger charge is 2.38. The third-order valence-corrected chi connectivity index (χ3v) is 5.34. The molecule has 0 atom stereocenters. The second-order valence-electron chi connectivity index (χ2n) is 8.25. The molecule has 1 aromatic rings. The van der Waals surface area contributed by atoms with Crippen LogP contribution in [0.4, 0.5) is 13.2 Å². The van der Waals surface area contributed by atoms with Crippen LogP contribution < -0.4 is 20.1 Å². The van der Waals surface area contributed by atoms with Crippen LogP contribution in [0.2, 0.25) is 0 Å². The van der Waals surface area contributed by atoms with Gasteiger partial charge >= 0.3 is 24.1 Å². The highest BCUT2D eigenvalue weighted by atomic mass is 19.4. The zero-order valence-corrected chi connectivity index (χ0v) is 20.4. The second-order valence-corrected chi connectivity index (χ2v) is 8.25. The zero-order valence-electron chi connectivity index (χ0n) is 20.4. The molecule has 1 amide bonds. The number of amides is 1. The first-order valence-corrected chi connectivity index (χ1v) is 11.3. The van der Waals surface area contributed by atoms with Crippen molar-refractivity contribution in [2.75, 3.05) is 33.4 Å². The average Bonchev–Trinajstić information content (AvgIpc) is 2.85. The van der Waals surface area contributed by atoms with Gasteiger partial charge in [-0.1, -0.05) is 0 Å². The van der Waals surface area contributed by atoms with Gasteiger partial charge < -0.3 is 35.4 Å². The summed E-state index contributed by atoms with van der Waals surface area (Å²) in [6.45, 7) is -0.606. The first-order valence-electron chi connectivity index (χ1n) is 11.3. The molecule has 38 heavy (non-hydrogen) atoms. The number of hydrogen-bond donors (Lipinski definition) is 5. The minimum Gasteiger partial charge on any atom is -0.479 e. The number of halogens is 3. The number of benzene rings is 1. The van der Waals surface area contributed by atoms with Gasteiger partial charge in [-0.25, -0.2) is 14.4 Å². The molecule has 0 aliphatic heterocycles. The van der Waals surface area contributed by atoms with E-state index in [1.807, 2.05) is 7.05 Å². The van der Waals surface area contributed by atoms with Gasteiger partial charge in [0, 0.05) is 11.5 Å². The molecule has 1 saturated carbocycles. The number of carboxylic acid groups (broad SMARTS) is 3. The van der Waals surface area contributed by atoms with Crippen molar-refractivity contribution in [1.82, 2.24) is 10.6 Å². The third-order valence-electron chi connectivity index (χ3n) is 5.34. The van der Waals surface area contributed by atoms with Crippen molar-refractivity contribution in [2.24, 2.45) is 11.8 Å². The van der Waals surface area contributed by atoms with Gasteiger partial charge in [0.25, 0.3) is 0 Å². The standard InChI is InChI=1S/C21H28N2O8.C2HF3O2/c1-22-9-13-2-4-14(5-3-13)21(29)23-10-16(24)15-6-7-17(30-11-19(25)26)18(8-15)31-12-20(27)28;3-2(4,5)1(6)7/h6-8,13-14,22H,2-5,9-12H2,1H3,(H,23,29)(H,25,26)(H,27,28);(H,6,7)/t13-,14-;. The van der Waals surface area contributed by atoms with E-state index in [0.717, 1.165) is 32.2 Å². The molecular weight excluding hydrogens is 521 g/mol. The molecule has 1 aliphatic rings. The van der Waals surface area contributed by atoms with Gasteiger partial charge in [-0.3, -0.25) is 9.59 Å². The summed E-state index contributed by atoms with van der Waals surface area (Å²) in [6, 6.07) is 4.01. The van der Waals surface area contributed by atoms with E-state index in [-0.39, 0.29) is 41.2 Å². The Kier molecular flexibility index (Phi) is 13.0. The summed E-state index contributed by atoms with van der Waals surface area (Å²) in [7, 11) is 1.91. The van der Waals surface area contributed by atoms with Crippen molar-refractivity contribution in [3.8, 4) is 11.5 Å². The fourth-order valence-corrected chi connectivity index (χ4v) is 3.52. The summed E-state index contributed by atoms with van der Waals surface area (Å²) in [5.41, 5.74) is 0.182. The van der Waals surface area contributed by atoms with Crippen LogP contribution >= 0.6 is 0 Å². The summed E-state index contributed by atoms with van der Waals surface area (Å²) in [6.07, 6.45) is -1.58. The van der Waals surface area contributed by atoms with Crippen LogP contribution in [0.15, 0.2) is 18.2 Å². The minimum absolute atomic E-state index is 0.00237. The van der Waals surface area contributed by atoms with Crippen molar-refractivity contribution in [3.05, 3.63) is 23.8 Å². The van der Waals surface area contributed by atoms with Gasteiger partial charge in [0.1, 0.15) is 0 Å². The van der Waals surface area contributed by atoms with Gasteiger partial charge in [-0.05, 0) is 63.4 Å². The van der Waals surface area contributed by atoms with E-state index in [1.54, 1.807) is 0 Å². The lowest BCUT2D eigenvalue weighted by Crippen LogP contribution is -2.37. The molecule has 0 bridgehead atoms. The molecule has 0 heterocycles. The fourth-order valence-electron chi connectivity index (χ4n) is 3.52. The topological polar surface area (TPSA) is 189 Å². The van der Waals surface area contributed by atoms with Crippen molar-refractivity contribution >= 4 is 29.6 Å². The number of carbonyl (C=O) groups excluding carboxylic acids is 2. The Balaban J connectivity index is 0.000000905. The number of Topliss-reactive ketones (excluding diaryl/α,β-unsaturated/α-hetero) is 1. The van der Waals surface area contributed by atoms with Crippen molar-refractivity contribution in [1.29, 1.82) is 0 Å². The molecule has 0 unspecified atom stereocenters. The van der Waals surface area contributed by atoms with Gasteiger partial charge in [0.2, 0.25) is 5.91 Å². The van der Waals surface area contributed by atoms with Crippen LogP contribution in [0.5, 0.6) is 11.5 Å². The molecule has 0 radical (unpaired) electrons. The monoisotopic (exact) mass is 550 g/mol. The number of aliphatic carboxylic acids is 3. The quantitative estimate of drug-likeness (QED) is 0.238. The van der Waals surface area contributed by atoms with Gasteiger partial charge in [0.05, 0.1) is 6.54 Å². The van der Waals surface area contributed by atoms with Crippen LogP contribution in [0.25, 0.3) is 0 Å². The number of ether oxygens (including phenoxy) is 2. The summed E-state index contributed by atoms with van der Waals surface area (Å²) in [4.78, 5) is 55.3. The van der Waals surface area contributed by atoms with Crippen molar-refractivity contribution < 1.29 is 61.9 Å². The Morgan fingerprint density at radius 2 is 1.45 bits per heavy atom. The van der Waals surface area contributed by atoms with E-state index in [2.05, 4.69) is 10.6 Å². The lowest BCUT2D eigenvalue weighted by Gasteiger charge is -2.27. The number of nitrogens with one attached hydrogen (secondary N) is 2. The van der Waals surface area contributed by atoms with Crippen LogP contribution in [-0.2, 0) is 19.2 Å². The Labute approximate surface area is 215 Å². The Morgan fingerprint density at radius 3 is 1.92 bits per heavy atom. The average molecular weight is 550 g/mol. The van der Waals surface area contributed by atoms with Crippen molar-refractivity contribution in [3.63, 3.8) is 0 Å². The molecule has 1 aromatic carbocycles. The maximum Gasteiger partial charge on any atom is 0.490 e. The molecule has 15 heteroatoms. The lowest BCUT2D eigenvalue weighted by molar-refractivity contribution is -0.192. The van der Waals surface area contributed by atoms with E-state index in [9.17, 15) is 32.3 Å². The highest BCUT2D eigenvalue weighted by molar-refractivity contribution is 6.00. The fraction of sp³-hybridized carbons (Fsp3) is 0.522. The third kappa shape index (κ3) is 11.9. The van der Waals surface area contributed by atoms with E-state index >= 15 is 0 Å². The van der Waals surface area contributed by atoms with E-state index < -0.39 is 37.3 Å². The molecule has 2 rings (SSSR count). The molecule has 0 aromatic heterocycles. The van der Waals surface area contributed by atoms with Crippen molar-refractivity contribution in [2.45, 2.75) is 31.9 Å². The number of alkyl halides is 3. The second kappa shape index (κ2) is 15.4. The molecule has 5 N–H and O–H groups in total. The Hall–Kier alpha value is -3.88. The zero-order chi connectivity index (χ0) is 28.9. The number of hydrogen-bond acceptors (Lipinski definition) is 8. The van der Waals surface area contributed by atoms with Crippen LogP contribution in [0, 0.1) is 11.8 Å². The number of ketones is 1. The summed E-state index contributed by atoms with van der Waals surface area (Å²) >= 11 is 0. The largest absolute Gasteiger partial charge is 0.490 e. The normalized spacial score (nSPS) is 16.8. The summed E-state index contributed by atoms with van der Waals surface area (Å²) < 4.78 is 41.9.